The number of amides is 3. The number of aliphatic hydroxyl groups excluding tert-OH is 1. The Morgan fingerprint density at radius 2 is 1.74 bits per heavy atom. The average Bonchev–Trinajstić information content (AvgIpc) is 3.00. The number of rotatable bonds is 8. The van der Waals surface area contributed by atoms with E-state index in [1.807, 2.05) is 32.0 Å². The SMILES string of the molecule is Cc1ccc(S(=O)(=O)N(C)C[C@@H]2Oc3ccc(NC(=O)Nc4ccccc4)cc3CC(=O)N([C@@H](C)CO)C[C@@H]2C)cc1. The Morgan fingerprint density at radius 1 is 1.07 bits per heavy atom. The van der Waals surface area contributed by atoms with Crippen molar-refractivity contribution in [2.45, 2.75) is 44.2 Å². The third-order valence-corrected chi connectivity index (χ3v) is 9.21. The fourth-order valence-electron chi connectivity index (χ4n) is 4.78. The van der Waals surface area contributed by atoms with Crippen molar-refractivity contribution in [3.05, 3.63) is 83.9 Å². The van der Waals surface area contributed by atoms with Gasteiger partial charge >= 0.3 is 6.03 Å². The first kappa shape index (κ1) is 31.0. The maximum absolute atomic E-state index is 13.5. The van der Waals surface area contributed by atoms with Gasteiger partial charge in [-0.05, 0) is 56.3 Å². The van der Waals surface area contributed by atoms with Crippen LogP contribution in [0, 0.1) is 12.8 Å². The lowest BCUT2D eigenvalue weighted by atomic mass is 10.0. The molecule has 0 saturated carbocycles. The Balaban J connectivity index is 1.62. The van der Waals surface area contributed by atoms with E-state index >= 15 is 0 Å². The van der Waals surface area contributed by atoms with Gasteiger partial charge in [-0.25, -0.2) is 13.2 Å². The molecule has 10 nitrogen and oxygen atoms in total. The van der Waals surface area contributed by atoms with Crippen molar-refractivity contribution in [2.24, 2.45) is 5.92 Å². The molecule has 42 heavy (non-hydrogen) atoms. The molecule has 1 aliphatic rings. The Kier molecular flexibility index (Phi) is 9.87. The summed E-state index contributed by atoms with van der Waals surface area (Å²) in [4.78, 5) is 27.8. The van der Waals surface area contributed by atoms with Crippen LogP contribution < -0.4 is 15.4 Å². The van der Waals surface area contributed by atoms with E-state index in [4.69, 9.17) is 4.74 Å². The number of aliphatic hydroxyl groups is 1. The molecule has 3 N–H and O–H groups in total. The minimum Gasteiger partial charge on any atom is -0.488 e. The number of nitrogens with one attached hydrogen (secondary N) is 2. The second kappa shape index (κ2) is 13.4. The summed E-state index contributed by atoms with van der Waals surface area (Å²) in [5.41, 5.74) is 2.58. The molecule has 0 bridgehead atoms. The molecule has 11 heteroatoms. The van der Waals surface area contributed by atoms with Crippen molar-refractivity contribution < 1.29 is 27.9 Å². The summed E-state index contributed by atoms with van der Waals surface area (Å²) < 4.78 is 34.4. The molecule has 0 fully saturated rings. The van der Waals surface area contributed by atoms with Crippen molar-refractivity contribution in [1.82, 2.24) is 9.21 Å². The van der Waals surface area contributed by atoms with Crippen LogP contribution in [0.25, 0.3) is 0 Å². The highest BCUT2D eigenvalue weighted by atomic mass is 32.2. The number of hydrogen-bond acceptors (Lipinski definition) is 6. The second-order valence-electron chi connectivity index (χ2n) is 10.8. The van der Waals surface area contributed by atoms with Gasteiger partial charge in [0.15, 0.2) is 0 Å². The Bertz CT molecular complexity index is 1500. The van der Waals surface area contributed by atoms with E-state index in [9.17, 15) is 23.1 Å². The van der Waals surface area contributed by atoms with Gasteiger partial charge in [0, 0.05) is 36.4 Å². The van der Waals surface area contributed by atoms with E-state index in [-0.39, 0.29) is 42.8 Å². The fraction of sp³-hybridized carbons (Fsp3) is 0.355. The number of sulfonamides is 1. The molecule has 4 rings (SSSR count). The predicted octanol–water partition coefficient (Wildman–Crippen LogP) is 4.11. The highest BCUT2D eigenvalue weighted by molar-refractivity contribution is 7.89. The van der Waals surface area contributed by atoms with Crippen LogP contribution >= 0.6 is 0 Å². The first-order valence-electron chi connectivity index (χ1n) is 13.8. The monoisotopic (exact) mass is 594 g/mol. The fourth-order valence-corrected chi connectivity index (χ4v) is 5.96. The average molecular weight is 595 g/mol. The van der Waals surface area contributed by atoms with E-state index in [1.54, 1.807) is 66.4 Å². The number of nitrogens with zero attached hydrogens (tertiary/aromatic N) is 2. The number of likely N-dealkylation sites (N-methyl/N-ethyl adjacent to an activating group) is 1. The van der Waals surface area contributed by atoms with Crippen LogP contribution in [-0.4, -0.2) is 73.6 Å². The van der Waals surface area contributed by atoms with E-state index in [1.165, 1.54) is 11.4 Å². The minimum atomic E-state index is -3.80. The number of carbonyl (C=O) groups excluding carboxylic acids is 2. The maximum Gasteiger partial charge on any atom is 0.323 e. The summed E-state index contributed by atoms with van der Waals surface area (Å²) in [6.45, 7) is 5.63. The number of hydrogen-bond donors (Lipinski definition) is 3. The first-order chi connectivity index (χ1) is 20.0. The van der Waals surface area contributed by atoms with Gasteiger partial charge < -0.3 is 25.4 Å². The van der Waals surface area contributed by atoms with E-state index in [0.717, 1.165) is 5.56 Å². The van der Waals surface area contributed by atoms with Crippen LogP contribution in [0.15, 0.2) is 77.7 Å². The molecule has 1 aliphatic heterocycles. The van der Waals surface area contributed by atoms with Crippen LogP contribution in [0.3, 0.4) is 0 Å². The van der Waals surface area contributed by atoms with Gasteiger partial charge in [-0.2, -0.15) is 4.31 Å². The Hall–Kier alpha value is -3.93. The van der Waals surface area contributed by atoms with Crippen LogP contribution in [0.5, 0.6) is 5.75 Å². The van der Waals surface area contributed by atoms with E-state index in [0.29, 0.717) is 22.7 Å². The zero-order chi connectivity index (χ0) is 30.4. The number of aryl methyl sites for hydroxylation is 1. The normalized spacial score (nSPS) is 18.2. The van der Waals surface area contributed by atoms with Crippen LogP contribution in [-0.2, 0) is 21.2 Å². The zero-order valence-electron chi connectivity index (χ0n) is 24.3. The molecule has 0 unspecified atom stereocenters. The molecule has 224 valence electrons. The lowest BCUT2D eigenvalue weighted by Crippen LogP contribution is -2.48. The molecule has 3 amide bonds. The molecule has 0 aromatic heterocycles. The van der Waals surface area contributed by atoms with E-state index < -0.39 is 28.2 Å². The lowest BCUT2D eigenvalue weighted by molar-refractivity contribution is -0.134. The molecule has 1 heterocycles. The van der Waals surface area contributed by atoms with Crippen LogP contribution in [0.4, 0.5) is 16.2 Å². The third kappa shape index (κ3) is 7.47. The maximum atomic E-state index is 13.5. The molecule has 3 atom stereocenters. The number of fused-ring (bicyclic) bond motifs is 1. The highest BCUT2D eigenvalue weighted by Gasteiger charge is 2.33. The summed E-state index contributed by atoms with van der Waals surface area (Å²) in [5.74, 6) is -0.0618. The van der Waals surface area contributed by atoms with Crippen molar-refractivity contribution in [2.75, 3.05) is 37.4 Å². The molecule has 0 spiro atoms. The predicted molar refractivity (Wildman–Crippen MR) is 162 cm³/mol. The second-order valence-corrected chi connectivity index (χ2v) is 12.8. The number of para-hydroxylation sites is 1. The largest absolute Gasteiger partial charge is 0.488 e. The van der Waals surface area contributed by atoms with Crippen molar-refractivity contribution >= 4 is 33.3 Å². The van der Waals surface area contributed by atoms with Gasteiger partial charge in [-0.15, -0.1) is 0 Å². The van der Waals surface area contributed by atoms with Gasteiger partial charge in [0.25, 0.3) is 0 Å². The minimum absolute atomic E-state index is 0.0214. The number of urea groups is 1. The van der Waals surface area contributed by atoms with E-state index in [2.05, 4.69) is 10.6 Å². The summed E-state index contributed by atoms with van der Waals surface area (Å²) in [5, 5.41) is 15.4. The summed E-state index contributed by atoms with van der Waals surface area (Å²) in [6, 6.07) is 19.8. The number of ether oxygens (including phenoxy) is 1. The van der Waals surface area contributed by atoms with Gasteiger partial charge in [-0.3, -0.25) is 4.79 Å². The molecule has 0 saturated heterocycles. The first-order valence-corrected chi connectivity index (χ1v) is 15.3. The van der Waals surface area contributed by atoms with Crippen LogP contribution in [0.2, 0.25) is 0 Å². The standard InChI is InChI=1S/C31H38N4O6S/c1-21-10-13-27(14-11-21)42(39,40)34(4)19-29-22(2)18-35(23(3)20-36)30(37)17-24-16-26(12-15-28(24)41-29)33-31(38)32-25-8-6-5-7-9-25/h5-16,22-23,29,36H,17-20H2,1-4H3,(H2,32,33,38)/t22-,23-,29-/m0/s1. The molecule has 0 radical (unpaired) electrons. The van der Waals surface area contributed by atoms with Crippen molar-refractivity contribution in [3.63, 3.8) is 0 Å². The van der Waals surface area contributed by atoms with Gasteiger partial charge in [-0.1, -0.05) is 42.8 Å². The molecular weight excluding hydrogens is 556 g/mol. The molecule has 0 aliphatic carbocycles. The van der Waals surface area contributed by atoms with Crippen molar-refractivity contribution in [1.29, 1.82) is 0 Å². The molecule has 3 aromatic carbocycles. The lowest BCUT2D eigenvalue weighted by Gasteiger charge is -2.33. The molecular formula is C31H38N4O6S. The number of anilines is 2. The van der Waals surface area contributed by atoms with Gasteiger partial charge in [0.05, 0.1) is 30.5 Å². The van der Waals surface area contributed by atoms with Gasteiger partial charge in [0.2, 0.25) is 15.9 Å². The Labute approximate surface area is 247 Å². The summed E-state index contributed by atoms with van der Waals surface area (Å²) >= 11 is 0. The smallest absolute Gasteiger partial charge is 0.323 e. The summed E-state index contributed by atoms with van der Waals surface area (Å²) in [7, 11) is -2.29. The number of benzene rings is 3. The Morgan fingerprint density at radius 3 is 2.40 bits per heavy atom. The quantitative estimate of drug-likeness (QED) is 0.360. The number of carbonyl (C=O) groups is 2. The summed E-state index contributed by atoms with van der Waals surface area (Å²) in [6.07, 6.45) is -0.639. The van der Waals surface area contributed by atoms with Crippen molar-refractivity contribution in [3.8, 4) is 5.75 Å². The topological polar surface area (TPSA) is 128 Å². The third-order valence-electron chi connectivity index (χ3n) is 7.37. The molecule has 3 aromatic rings. The van der Waals surface area contributed by atoms with Crippen LogP contribution in [0.1, 0.15) is 25.0 Å². The highest BCUT2D eigenvalue weighted by Crippen LogP contribution is 2.30. The zero-order valence-corrected chi connectivity index (χ0v) is 25.1. The van der Waals surface area contributed by atoms with Gasteiger partial charge in [0.1, 0.15) is 11.9 Å².